The molecule has 1 aromatic heterocycles. The molecule has 0 saturated carbocycles. The second-order valence-electron chi connectivity index (χ2n) is 12.8. The molecule has 2 heteroatoms. The van der Waals surface area contributed by atoms with Crippen molar-refractivity contribution in [2.45, 2.75) is 32.5 Å². The van der Waals surface area contributed by atoms with Crippen LogP contribution in [0.3, 0.4) is 0 Å². The van der Waals surface area contributed by atoms with Crippen LogP contribution in [0.2, 0.25) is 0 Å². The summed E-state index contributed by atoms with van der Waals surface area (Å²) < 4.78 is 128. The summed E-state index contributed by atoms with van der Waals surface area (Å²) in [5.74, 6) is 0.883. The maximum absolute atomic E-state index is 9.45. The Hall–Kier alpha value is -5.99. The molecule has 0 spiro atoms. The summed E-state index contributed by atoms with van der Waals surface area (Å²) in [4.78, 5) is 4.83. The van der Waals surface area contributed by atoms with E-state index in [1.165, 1.54) is 12.1 Å². The predicted molar refractivity (Wildman–Crippen MR) is 211 cm³/mol. The third-order valence-corrected chi connectivity index (χ3v) is 10.0. The van der Waals surface area contributed by atoms with Crippen LogP contribution in [0.25, 0.3) is 82.4 Å². The Morgan fingerprint density at radius 2 is 1.22 bits per heavy atom. The molecule has 1 heterocycles. The lowest BCUT2D eigenvalue weighted by Crippen LogP contribution is -2.14. The van der Waals surface area contributed by atoms with Gasteiger partial charge in [0.05, 0.1) is 22.0 Å². The first-order valence-electron chi connectivity index (χ1n) is 23.5. The van der Waals surface area contributed by atoms with E-state index in [2.05, 4.69) is 4.57 Å². The molecule has 0 bridgehead atoms. The van der Waals surface area contributed by atoms with Crippen LogP contribution in [0, 0.1) is 0 Å². The molecule has 0 aliphatic heterocycles. The second kappa shape index (κ2) is 10.8. The minimum absolute atomic E-state index is 0.0128. The Bertz CT molecular complexity index is 3420. The average Bonchev–Trinajstić information content (AvgIpc) is 3.81. The summed E-state index contributed by atoms with van der Waals surface area (Å²) in [7, 11) is 0. The topological polar surface area (TPSA) is 17.8 Å². The number of fused-ring (bicyclic) bond motifs is 7. The quantitative estimate of drug-likeness (QED) is 0.173. The summed E-state index contributed by atoms with van der Waals surface area (Å²) in [5, 5.41) is 1.40. The van der Waals surface area contributed by atoms with Crippen molar-refractivity contribution in [3.8, 4) is 39.1 Å². The number of nitrogens with zero attached hydrogens (tertiary/aromatic N) is 2. The third kappa shape index (κ3) is 4.12. The van der Waals surface area contributed by atoms with E-state index < -0.39 is 67.5 Å². The first-order valence-corrected chi connectivity index (χ1v) is 16.5. The molecule has 1 aliphatic rings. The van der Waals surface area contributed by atoms with Gasteiger partial charge >= 0.3 is 0 Å². The van der Waals surface area contributed by atoms with Crippen LogP contribution in [0.4, 0.5) is 0 Å². The van der Waals surface area contributed by atoms with Gasteiger partial charge in [-0.05, 0) is 113 Å². The molecule has 0 saturated heterocycles. The van der Waals surface area contributed by atoms with Crippen LogP contribution in [0.5, 0.6) is 0 Å². The van der Waals surface area contributed by atoms with Crippen LogP contribution in [0.15, 0.2) is 151 Å². The fourth-order valence-electron chi connectivity index (χ4n) is 7.77. The second-order valence-corrected chi connectivity index (χ2v) is 12.8. The molecule has 0 N–H and O–H groups in total. The van der Waals surface area contributed by atoms with Gasteiger partial charge in [-0.2, -0.15) is 0 Å². The molecule has 9 aromatic rings. The highest BCUT2D eigenvalue weighted by atomic mass is 15.1. The fraction of sp³-hybridized carbons (Fsp3) is 0.104. The summed E-state index contributed by atoms with van der Waals surface area (Å²) in [6.45, 7) is -4.18. The standard InChI is InChI=1S/C48H36N2/c1-4-45-49-43-19-11-12-20-44(43)50(45)34-25-23-30-27-32(22-21-31(30)28-34)46-37-14-5-7-16-39(37)47(40-17-8-6-15-38(40)46)33-24-26-36-35-13-9-10-18-41(35)48(2,3)42(36)29-33/h5-29H,4H2,1-3H3/i2D3,3D3,5D,6D,7D,8D,14D,15D,16D,17D. The minimum Gasteiger partial charge on any atom is -0.296 e. The summed E-state index contributed by atoms with van der Waals surface area (Å²) in [6, 6.07) is 26.0. The summed E-state index contributed by atoms with van der Waals surface area (Å²) in [5.41, 5.74) is 1.67. The van der Waals surface area contributed by atoms with Crippen molar-refractivity contribution in [3.05, 3.63) is 168 Å². The van der Waals surface area contributed by atoms with E-state index in [1.807, 2.05) is 61.5 Å². The number of para-hydroxylation sites is 2. The first-order chi connectivity index (χ1) is 30.3. The highest BCUT2D eigenvalue weighted by molar-refractivity contribution is 6.21. The van der Waals surface area contributed by atoms with Gasteiger partial charge in [-0.15, -0.1) is 0 Å². The Morgan fingerprint density at radius 3 is 1.94 bits per heavy atom. The number of aryl methyl sites for hydroxylation is 1. The number of imidazole rings is 1. The fourth-order valence-corrected chi connectivity index (χ4v) is 7.77. The molecular weight excluding hydrogens is 605 g/mol. The van der Waals surface area contributed by atoms with E-state index >= 15 is 0 Å². The van der Waals surface area contributed by atoms with Gasteiger partial charge in [-0.25, -0.2) is 4.98 Å². The Kier molecular flexibility index (Phi) is 3.90. The Labute approximate surface area is 312 Å². The van der Waals surface area contributed by atoms with E-state index in [9.17, 15) is 5.48 Å². The molecule has 0 atom stereocenters. The monoisotopic (exact) mass is 654 g/mol. The van der Waals surface area contributed by atoms with Crippen molar-refractivity contribution in [3.63, 3.8) is 0 Å². The van der Waals surface area contributed by atoms with Crippen LogP contribution in [0.1, 0.15) is 56.8 Å². The molecule has 8 aromatic carbocycles. The van der Waals surface area contributed by atoms with Crippen LogP contribution in [-0.2, 0) is 11.8 Å². The lowest BCUT2D eigenvalue weighted by molar-refractivity contribution is 0.660. The lowest BCUT2D eigenvalue weighted by atomic mass is 9.80. The average molecular weight is 655 g/mol. The molecule has 0 fully saturated rings. The summed E-state index contributed by atoms with van der Waals surface area (Å²) >= 11 is 0. The highest BCUT2D eigenvalue weighted by Gasteiger charge is 2.35. The van der Waals surface area contributed by atoms with Crippen molar-refractivity contribution in [1.82, 2.24) is 9.55 Å². The van der Waals surface area contributed by atoms with Gasteiger partial charge in [-0.3, -0.25) is 4.57 Å². The molecule has 10 rings (SSSR count). The van der Waals surface area contributed by atoms with Crippen molar-refractivity contribution in [2.75, 3.05) is 0 Å². The largest absolute Gasteiger partial charge is 0.296 e. The molecule has 0 radical (unpaired) electrons. The van der Waals surface area contributed by atoms with E-state index in [0.29, 0.717) is 23.1 Å². The van der Waals surface area contributed by atoms with Gasteiger partial charge in [-0.1, -0.05) is 136 Å². The van der Waals surface area contributed by atoms with Crippen molar-refractivity contribution < 1.29 is 19.2 Å². The first kappa shape index (κ1) is 18.1. The van der Waals surface area contributed by atoms with E-state index in [-0.39, 0.29) is 49.4 Å². The molecule has 238 valence electrons. The zero-order valence-corrected chi connectivity index (χ0v) is 26.9. The zero-order chi connectivity index (χ0) is 45.5. The van der Waals surface area contributed by atoms with Gasteiger partial charge in [0.25, 0.3) is 0 Å². The van der Waals surface area contributed by atoms with Crippen molar-refractivity contribution in [1.29, 1.82) is 0 Å². The van der Waals surface area contributed by atoms with E-state index in [1.54, 1.807) is 36.4 Å². The molecule has 0 amide bonds. The van der Waals surface area contributed by atoms with Gasteiger partial charge in [0.1, 0.15) is 5.82 Å². The molecule has 2 nitrogen and oxygen atoms in total. The minimum atomic E-state index is -3.11. The Morgan fingerprint density at radius 1 is 0.620 bits per heavy atom. The van der Waals surface area contributed by atoms with E-state index in [0.717, 1.165) is 33.3 Å². The van der Waals surface area contributed by atoms with Crippen LogP contribution in [-0.4, -0.2) is 9.55 Å². The molecule has 1 aliphatic carbocycles. The smallest absolute Gasteiger partial charge is 0.114 e. The molecular formula is C48H36N2. The summed E-state index contributed by atoms with van der Waals surface area (Å²) in [6.07, 6.45) is 0.692. The predicted octanol–water partition coefficient (Wildman–Crippen LogP) is 12.7. The van der Waals surface area contributed by atoms with Gasteiger partial charge in [0, 0.05) is 25.7 Å². The number of benzene rings is 8. The van der Waals surface area contributed by atoms with Crippen molar-refractivity contribution in [2.24, 2.45) is 0 Å². The maximum Gasteiger partial charge on any atom is 0.114 e. The Balaban J connectivity index is 1.32. The number of aromatic nitrogens is 2. The zero-order valence-electron chi connectivity index (χ0n) is 40.9. The molecule has 0 unspecified atom stereocenters. The lowest BCUT2D eigenvalue weighted by Gasteiger charge is -2.23. The van der Waals surface area contributed by atoms with E-state index in [4.69, 9.17) is 18.7 Å². The van der Waals surface area contributed by atoms with Gasteiger partial charge < -0.3 is 0 Å². The SMILES string of the molecule is [2H]c1c([2H])c([2H])c2c(-c3ccc4cc(-n5c(CC)nc6ccccc65)ccc4c3)c3c([2H])c([2H])c([2H])c([2H])c3c(-c3ccc4c(c3)C(C([2H])([2H])[2H])(C([2H])([2H])[2H])c3ccccc3-4)c2c1[2H]. The van der Waals surface area contributed by atoms with Crippen molar-refractivity contribution >= 4 is 43.4 Å². The van der Waals surface area contributed by atoms with Crippen LogP contribution >= 0.6 is 0 Å². The number of hydrogen-bond acceptors (Lipinski definition) is 1. The normalized spacial score (nSPS) is 17.9. The maximum atomic E-state index is 9.45. The third-order valence-electron chi connectivity index (χ3n) is 10.0. The van der Waals surface area contributed by atoms with Crippen LogP contribution < -0.4 is 0 Å². The highest BCUT2D eigenvalue weighted by Crippen LogP contribution is 2.51. The number of rotatable bonds is 4. The van der Waals surface area contributed by atoms with Gasteiger partial charge in [0.2, 0.25) is 0 Å². The molecule has 50 heavy (non-hydrogen) atoms. The number of hydrogen-bond donors (Lipinski definition) is 0. The van der Waals surface area contributed by atoms with Gasteiger partial charge in [0.15, 0.2) is 0 Å².